The van der Waals surface area contributed by atoms with E-state index in [0.717, 1.165) is 56.0 Å². The zero-order valence-corrected chi connectivity index (χ0v) is 20.0. The molecular weight excluding hydrogens is 493 g/mol. The van der Waals surface area contributed by atoms with E-state index in [4.69, 9.17) is 19.8 Å². The smallest absolute Gasteiger partial charge is 0.414 e. The summed E-state index contributed by atoms with van der Waals surface area (Å²) in [4.78, 5) is 25.6. The Labute approximate surface area is 201 Å². The van der Waals surface area contributed by atoms with Crippen LogP contribution in [-0.4, -0.2) is 77.3 Å². The molecule has 0 unspecified atom stereocenters. The fourth-order valence-corrected chi connectivity index (χ4v) is 4.82. The third kappa shape index (κ3) is 7.52. The number of hydrogen-bond acceptors (Lipinski definition) is 5. The summed E-state index contributed by atoms with van der Waals surface area (Å²) in [5.41, 5.74) is 2.13. The highest BCUT2D eigenvalue weighted by Gasteiger charge is 2.28. The van der Waals surface area contributed by atoms with Crippen LogP contribution in [-0.2, 0) is 16.1 Å². The normalized spacial score (nSPS) is 17.8. The second kappa shape index (κ2) is 12.1. The van der Waals surface area contributed by atoms with Gasteiger partial charge in [-0.05, 0) is 55.8 Å². The van der Waals surface area contributed by atoms with Gasteiger partial charge in [-0.1, -0.05) is 40.2 Å². The quantitative estimate of drug-likeness (QED) is 0.595. The van der Waals surface area contributed by atoms with Crippen LogP contribution in [0.25, 0.3) is 0 Å². The SMILES string of the molecule is Fc1ccccc1N1CCN(C2CCN(Cc3cccc(Br)c3)CC2)CC1.O=C(O)C(=O)O. The molecule has 178 valence electrons. The lowest BCUT2D eigenvalue weighted by molar-refractivity contribution is -0.159. The van der Waals surface area contributed by atoms with Gasteiger partial charge in [-0.15, -0.1) is 0 Å². The van der Waals surface area contributed by atoms with Gasteiger partial charge in [-0.25, -0.2) is 14.0 Å². The zero-order valence-electron chi connectivity index (χ0n) is 18.4. The molecule has 9 heteroatoms. The van der Waals surface area contributed by atoms with E-state index in [9.17, 15) is 4.39 Å². The number of hydrogen-bond donors (Lipinski definition) is 2. The Kier molecular flexibility index (Phi) is 9.22. The summed E-state index contributed by atoms with van der Waals surface area (Å²) >= 11 is 3.56. The zero-order chi connectivity index (χ0) is 23.8. The number of carboxylic acids is 2. The van der Waals surface area contributed by atoms with Crippen molar-refractivity contribution in [2.75, 3.05) is 44.2 Å². The maximum Gasteiger partial charge on any atom is 0.414 e. The van der Waals surface area contributed by atoms with Gasteiger partial charge in [0, 0.05) is 43.2 Å². The molecule has 2 aromatic rings. The fourth-order valence-electron chi connectivity index (χ4n) is 4.37. The molecule has 0 spiro atoms. The van der Waals surface area contributed by atoms with Gasteiger partial charge in [0.1, 0.15) is 5.82 Å². The van der Waals surface area contributed by atoms with Gasteiger partial charge in [0.2, 0.25) is 0 Å². The summed E-state index contributed by atoms with van der Waals surface area (Å²) in [7, 11) is 0. The molecule has 2 aliphatic rings. The van der Waals surface area contributed by atoms with E-state index in [0.29, 0.717) is 6.04 Å². The highest BCUT2D eigenvalue weighted by molar-refractivity contribution is 9.10. The summed E-state index contributed by atoms with van der Waals surface area (Å²) < 4.78 is 15.2. The van der Waals surface area contributed by atoms with Crippen LogP contribution in [0.3, 0.4) is 0 Å². The van der Waals surface area contributed by atoms with Crippen LogP contribution in [0.4, 0.5) is 10.1 Å². The number of piperidine rings is 1. The average Bonchev–Trinajstić information content (AvgIpc) is 2.80. The van der Waals surface area contributed by atoms with Crippen molar-refractivity contribution in [3.63, 3.8) is 0 Å². The minimum atomic E-state index is -1.82. The molecular formula is C24H29BrFN3O4. The van der Waals surface area contributed by atoms with E-state index in [2.05, 4.69) is 54.9 Å². The Bertz CT molecular complexity index is 933. The molecule has 2 saturated heterocycles. The van der Waals surface area contributed by atoms with Gasteiger partial charge in [-0.2, -0.15) is 0 Å². The molecule has 2 aliphatic heterocycles. The van der Waals surface area contributed by atoms with Crippen LogP contribution in [0.1, 0.15) is 18.4 Å². The second-order valence-electron chi connectivity index (χ2n) is 8.22. The molecule has 2 N–H and O–H groups in total. The van der Waals surface area contributed by atoms with Crippen molar-refractivity contribution in [2.24, 2.45) is 0 Å². The van der Waals surface area contributed by atoms with Gasteiger partial charge in [0.05, 0.1) is 5.69 Å². The first-order chi connectivity index (χ1) is 15.8. The molecule has 0 atom stereocenters. The lowest BCUT2D eigenvalue weighted by atomic mass is 10.0. The van der Waals surface area contributed by atoms with Crippen LogP contribution in [0, 0.1) is 5.82 Å². The predicted octanol–water partition coefficient (Wildman–Crippen LogP) is 3.53. The number of para-hydroxylation sites is 1. The molecule has 2 fully saturated rings. The molecule has 0 aromatic heterocycles. The predicted molar refractivity (Wildman–Crippen MR) is 128 cm³/mol. The van der Waals surface area contributed by atoms with Crippen LogP contribution >= 0.6 is 15.9 Å². The van der Waals surface area contributed by atoms with E-state index in [1.165, 1.54) is 18.4 Å². The topological polar surface area (TPSA) is 84.3 Å². The lowest BCUT2D eigenvalue weighted by Gasteiger charge is -2.43. The molecule has 0 radical (unpaired) electrons. The van der Waals surface area contributed by atoms with Crippen LogP contribution in [0.5, 0.6) is 0 Å². The molecule has 0 aliphatic carbocycles. The summed E-state index contributed by atoms with van der Waals surface area (Å²) in [6, 6.07) is 16.4. The summed E-state index contributed by atoms with van der Waals surface area (Å²) in [6.07, 6.45) is 2.46. The van der Waals surface area contributed by atoms with Crippen LogP contribution in [0.2, 0.25) is 0 Å². The number of carboxylic acid groups (broad SMARTS) is 2. The number of nitrogens with zero attached hydrogens (tertiary/aromatic N) is 3. The summed E-state index contributed by atoms with van der Waals surface area (Å²) in [6.45, 7) is 7.25. The number of benzene rings is 2. The summed E-state index contributed by atoms with van der Waals surface area (Å²) in [5.74, 6) is -3.75. The number of carbonyl (C=O) groups is 2. The second-order valence-corrected chi connectivity index (χ2v) is 9.14. The molecule has 33 heavy (non-hydrogen) atoms. The lowest BCUT2D eigenvalue weighted by Crippen LogP contribution is -2.53. The van der Waals surface area contributed by atoms with E-state index in [1.54, 1.807) is 12.1 Å². The first-order valence-electron chi connectivity index (χ1n) is 11.0. The first kappa shape index (κ1) is 25.1. The highest BCUT2D eigenvalue weighted by Crippen LogP contribution is 2.24. The number of halogens is 2. The minimum Gasteiger partial charge on any atom is -0.473 e. The van der Waals surface area contributed by atoms with Gasteiger partial charge in [0.15, 0.2) is 0 Å². The molecule has 0 saturated carbocycles. The Morgan fingerprint density at radius 1 is 0.909 bits per heavy atom. The average molecular weight is 522 g/mol. The van der Waals surface area contributed by atoms with Gasteiger partial charge in [-0.3, -0.25) is 9.80 Å². The van der Waals surface area contributed by atoms with E-state index in [1.807, 2.05) is 12.1 Å². The molecule has 7 nitrogen and oxygen atoms in total. The molecule has 2 heterocycles. The third-order valence-electron chi connectivity index (χ3n) is 6.06. The van der Waals surface area contributed by atoms with Crippen molar-refractivity contribution in [2.45, 2.75) is 25.4 Å². The van der Waals surface area contributed by atoms with E-state index in [-0.39, 0.29) is 5.82 Å². The van der Waals surface area contributed by atoms with Crippen LogP contribution in [0.15, 0.2) is 53.0 Å². The number of likely N-dealkylation sites (tertiary alicyclic amines) is 1. The van der Waals surface area contributed by atoms with Crippen molar-refractivity contribution in [3.8, 4) is 0 Å². The van der Waals surface area contributed by atoms with Crippen LogP contribution < -0.4 is 4.90 Å². The number of rotatable bonds is 4. The van der Waals surface area contributed by atoms with E-state index >= 15 is 0 Å². The summed E-state index contributed by atoms with van der Waals surface area (Å²) in [5, 5.41) is 14.8. The maximum absolute atomic E-state index is 14.0. The Hall–Kier alpha value is -2.49. The minimum absolute atomic E-state index is 0.105. The van der Waals surface area contributed by atoms with Crippen molar-refractivity contribution in [1.82, 2.24) is 9.80 Å². The number of aliphatic carboxylic acids is 2. The Balaban J connectivity index is 0.000000454. The molecule has 0 bridgehead atoms. The molecule has 0 amide bonds. The highest BCUT2D eigenvalue weighted by atomic mass is 79.9. The van der Waals surface area contributed by atoms with Crippen molar-refractivity contribution in [3.05, 3.63) is 64.4 Å². The fraction of sp³-hybridized carbons (Fsp3) is 0.417. The molecule has 2 aromatic carbocycles. The Morgan fingerprint density at radius 2 is 1.55 bits per heavy atom. The number of piperazine rings is 1. The third-order valence-corrected chi connectivity index (χ3v) is 6.55. The maximum atomic E-state index is 14.0. The molecule has 4 rings (SSSR count). The van der Waals surface area contributed by atoms with Crippen molar-refractivity contribution in [1.29, 1.82) is 0 Å². The van der Waals surface area contributed by atoms with Gasteiger partial charge in [0.25, 0.3) is 0 Å². The number of anilines is 1. The monoisotopic (exact) mass is 521 g/mol. The first-order valence-corrected chi connectivity index (χ1v) is 11.8. The van der Waals surface area contributed by atoms with Gasteiger partial charge < -0.3 is 15.1 Å². The van der Waals surface area contributed by atoms with Gasteiger partial charge >= 0.3 is 11.9 Å². The van der Waals surface area contributed by atoms with Crippen molar-refractivity contribution < 1.29 is 24.2 Å². The van der Waals surface area contributed by atoms with Crippen molar-refractivity contribution >= 4 is 33.6 Å². The Morgan fingerprint density at radius 3 is 2.12 bits per heavy atom. The largest absolute Gasteiger partial charge is 0.473 e. The standard InChI is InChI=1S/C22H27BrFN3.C2H2O4/c23-19-5-3-4-18(16-19)17-25-10-8-20(9-11-25)26-12-14-27(15-13-26)22-7-2-1-6-21(22)24;3-1(4)2(5)6/h1-7,16,20H,8-15,17H2;(H,3,4)(H,5,6). The van der Waals surface area contributed by atoms with E-state index < -0.39 is 11.9 Å².